The van der Waals surface area contributed by atoms with E-state index >= 15 is 0 Å². The highest BCUT2D eigenvalue weighted by Gasteiger charge is 2.20. The number of hydrogen-bond acceptors (Lipinski definition) is 2. The zero-order chi connectivity index (χ0) is 19.1. The van der Waals surface area contributed by atoms with Gasteiger partial charge in [0.1, 0.15) is 11.4 Å². The Kier molecular flexibility index (Phi) is 3.94. The lowest BCUT2D eigenvalue weighted by Crippen LogP contribution is -2.04. The second-order valence-corrected chi connectivity index (χ2v) is 7.44. The largest absolute Gasteiger partial charge is 0.342 e. The first kappa shape index (κ1) is 16.7. The Hall–Kier alpha value is -3.46. The average molecular weight is 363 g/mol. The molecule has 0 amide bonds. The number of pyridine rings is 1. The van der Waals surface area contributed by atoms with Crippen LogP contribution in [0.25, 0.3) is 33.4 Å². The standard InChI is InChI=1S/C25H21N3/c1-17-7-6-8-19(13-17)15-28-16-22-24(20-9-4-3-5-10-20)26-27-25(22)21-14-18(2)11-12-23(21)28/h3-14,16H,15H2,1-2H3. The lowest BCUT2D eigenvalue weighted by molar-refractivity contribution is 0.827. The molecule has 2 heterocycles. The van der Waals surface area contributed by atoms with Crippen molar-refractivity contribution in [3.8, 4) is 22.5 Å². The van der Waals surface area contributed by atoms with E-state index in [1.54, 1.807) is 0 Å². The third kappa shape index (κ3) is 2.85. The summed E-state index contributed by atoms with van der Waals surface area (Å²) in [5.74, 6) is 0. The van der Waals surface area contributed by atoms with Crippen LogP contribution in [-0.2, 0) is 6.54 Å². The Morgan fingerprint density at radius 1 is 0.750 bits per heavy atom. The van der Waals surface area contributed by atoms with Gasteiger partial charge in [-0.2, -0.15) is 0 Å². The molecule has 0 saturated carbocycles. The van der Waals surface area contributed by atoms with E-state index in [-0.39, 0.29) is 0 Å². The van der Waals surface area contributed by atoms with Crippen molar-refractivity contribution in [2.45, 2.75) is 20.4 Å². The number of aromatic nitrogens is 3. The number of aryl methyl sites for hydroxylation is 2. The van der Waals surface area contributed by atoms with Gasteiger partial charge in [0.2, 0.25) is 0 Å². The molecule has 3 nitrogen and oxygen atoms in total. The molecule has 28 heavy (non-hydrogen) atoms. The highest BCUT2D eigenvalue weighted by Crippen LogP contribution is 2.36. The smallest absolute Gasteiger partial charge is 0.106 e. The van der Waals surface area contributed by atoms with Crippen LogP contribution < -0.4 is 0 Å². The van der Waals surface area contributed by atoms with Gasteiger partial charge in [0.05, 0.1) is 5.52 Å². The zero-order valence-corrected chi connectivity index (χ0v) is 16.1. The lowest BCUT2D eigenvalue weighted by atomic mass is 10.0. The first-order chi connectivity index (χ1) is 13.7. The average Bonchev–Trinajstić information content (AvgIpc) is 3.13. The fraction of sp³-hybridized carbons (Fsp3) is 0.120. The Bertz CT molecular complexity index is 1250. The summed E-state index contributed by atoms with van der Waals surface area (Å²) in [5.41, 5.74) is 9.08. The maximum absolute atomic E-state index is 4.56. The number of nitrogens with zero attached hydrogens (tertiary/aromatic N) is 3. The molecule has 0 saturated heterocycles. The van der Waals surface area contributed by atoms with E-state index in [1.165, 1.54) is 22.2 Å². The van der Waals surface area contributed by atoms with Gasteiger partial charge >= 0.3 is 0 Å². The Labute approximate surface area is 164 Å². The minimum atomic E-state index is 0.816. The number of benzene rings is 3. The maximum atomic E-state index is 4.56. The summed E-state index contributed by atoms with van der Waals surface area (Å²) in [5, 5.41) is 10.3. The summed E-state index contributed by atoms with van der Waals surface area (Å²) < 4.78 is 2.32. The van der Waals surface area contributed by atoms with Gasteiger partial charge in [-0.15, -0.1) is 10.2 Å². The van der Waals surface area contributed by atoms with Crippen LogP contribution in [0, 0.1) is 13.8 Å². The maximum Gasteiger partial charge on any atom is 0.106 e. The molecule has 3 aromatic carbocycles. The molecule has 0 aromatic heterocycles. The second-order valence-electron chi connectivity index (χ2n) is 7.44. The summed E-state index contributed by atoms with van der Waals surface area (Å²) in [4.78, 5) is 0. The van der Waals surface area contributed by atoms with Gasteiger partial charge in [-0.05, 0) is 31.5 Å². The minimum Gasteiger partial charge on any atom is -0.342 e. The van der Waals surface area contributed by atoms with Crippen LogP contribution in [0.3, 0.4) is 0 Å². The molecule has 2 aliphatic heterocycles. The molecule has 0 atom stereocenters. The minimum absolute atomic E-state index is 0.816. The van der Waals surface area contributed by atoms with Crippen molar-refractivity contribution < 1.29 is 0 Å². The SMILES string of the molecule is Cc1cccc(Cn2cc3c(-c4ccccc4)nnc-3c3cc(C)ccc32)c1. The van der Waals surface area contributed by atoms with Crippen LogP contribution in [0.2, 0.25) is 0 Å². The first-order valence-corrected chi connectivity index (χ1v) is 9.56. The van der Waals surface area contributed by atoms with E-state index in [9.17, 15) is 0 Å². The molecule has 0 radical (unpaired) electrons. The molecule has 0 N–H and O–H groups in total. The van der Waals surface area contributed by atoms with Crippen LogP contribution in [0.5, 0.6) is 0 Å². The predicted octanol–water partition coefficient (Wildman–Crippen LogP) is 5.87. The molecule has 0 unspecified atom stereocenters. The molecule has 136 valence electrons. The lowest BCUT2D eigenvalue weighted by Gasteiger charge is -2.16. The van der Waals surface area contributed by atoms with E-state index in [2.05, 4.69) is 89.4 Å². The van der Waals surface area contributed by atoms with Crippen LogP contribution in [0.15, 0.2) is 79.0 Å². The van der Waals surface area contributed by atoms with Gasteiger partial charge in [-0.3, -0.25) is 0 Å². The Balaban J connectivity index is 1.76. The third-order valence-electron chi connectivity index (χ3n) is 5.24. The highest BCUT2D eigenvalue weighted by atomic mass is 15.1. The number of hydrogen-bond donors (Lipinski definition) is 0. The molecule has 2 aliphatic rings. The topological polar surface area (TPSA) is 30.7 Å². The molecule has 3 heteroatoms. The monoisotopic (exact) mass is 363 g/mol. The molecule has 0 aliphatic carbocycles. The molecule has 0 spiro atoms. The molecule has 0 fully saturated rings. The first-order valence-electron chi connectivity index (χ1n) is 9.56. The van der Waals surface area contributed by atoms with Crippen molar-refractivity contribution in [2.75, 3.05) is 0 Å². The highest BCUT2D eigenvalue weighted by molar-refractivity contribution is 5.98. The van der Waals surface area contributed by atoms with Crippen molar-refractivity contribution in [1.82, 2.24) is 14.8 Å². The van der Waals surface area contributed by atoms with Crippen molar-refractivity contribution in [3.63, 3.8) is 0 Å². The Morgan fingerprint density at radius 2 is 1.54 bits per heavy atom. The molecule has 3 aromatic rings. The summed E-state index contributed by atoms with van der Waals surface area (Å²) in [6, 6.07) is 25.6. The van der Waals surface area contributed by atoms with E-state index < -0.39 is 0 Å². The van der Waals surface area contributed by atoms with Crippen molar-refractivity contribution in [3.05, 3.63) is 95.7 Å². The normalized spacial score (nSPS) is 11.4. The van der Waals surface area contributed by atoms with Crippen molar-refractivity contribution >= 4 is 10.9 Å². The summed E-state index contributed by atoms with van der Waals surface area (Å²) in [7, 11) is 0. The van der Waals surface area contributed by atoms with E-state index in [1.807, 2.05) is 18.2 Å². The van der Waals surface area contributed by atoms with E-state index in [0.29, 0.717) is 0 Å². The summed E-state index contributed by atoms with van der Waals surface area (Å²) >= 11 is 0. The van der Waals surface area contributed by atoms with Crippen molar-refractivity contribution in [1.29, 1.82) is 0 Å². The fourth-order valence-corrected chi connectivity index (χ4v) is 3.90. The van der Waals surface area contributed by atoms with Crippen LogP contribution in [0.1, 0.15) is 16.7 Å². The summed E-state index contributed by atoms with van der Waals surface area (Å²) in [6.07, 6.45) is 2.21. The van der Waals surface area contributed by atoms with Gasteiger partial charge in [-0.1, -0.05) is 71.8 Å². The van der Waals surface area contributed by atoms with E-state index in [0.717, 1.165) is 34.4 Å². The summed E-state index contributed by atoms with van der Waals surface area (Å²) in [6.45, 7) is 5.08. The van der Waals surface area contributed by atoms with E-state index in [4.69, 9.17) is 0 Å². The second kappa shape index (κ2) is 6.61. The van der Waals surface area contributed by atoms with Gasteiger partial charge < -0.3 is 4.57 Å². The molecular weight excluding hydrogens is 342 g/mol. The number of fused-ring (bicyclic) bond motifs is 3. The predicted molar refractivity (Wildman–Crippen MR) is 115 cm³/mol. The van der Waals surface area contributed by atoms with Gasteiger partial charge in [0.15, 0.2) is 0 Å². The number of rotatable bonds is 3. The zero-order valence-electron chi connectivity index (χ0n) is 16.1. The van der Waals surface area contributed by atoms with Crippen LogP contribution in [0.4, 0.5) is 0 Å². The van der Waals surface area contributed by atoms with Gasteiger partial charge in [0, 0.05) is 29.3 Å². The van der Waals surface area contributed by atoms with Crippen LogP contribution in [-0.4, -0.2) is 14.8 Å². The molecule has 5 rings (SSSR count). The fourth-order valence-electron chi connectivity index (χ4n) is 3.90. The molecular formula is C25H21N3. The van der Waals surface area contributed by atoms with Crippen molar-refractivity contribution in [2.24, 2.45) is 0 Å². The Morgan fingerprint density at radius 3 is 2.36 bits per heavy atom. The van der Waals surface area contributed by atoms with Gasteiger partial charge in [0.25, 0.3) is 0 Å². The quantitative estimate of drug-likeness (QED) is 0.401. The van der Waals surface area contributed by atoms with Gasteiger partial charge in [-0.25, -0.2) is 0 Å². The van der Waals surface area contributed by atoms with Crippen LogP contribution >= 0.6 is 0 Å². The molecule has 0 bridgehead atoms. The third-order valence-corrected chi connectivity index (χ3v) is 5.24.